The molecule has 1 saturated heterocycles. The maximum absolute atomic E-state index is 12.6. The second-order valence-electron chi connectivity index (χ2n) is 5.30. The molecule has 1 aromatic rings. The number of anilines is 1. The summed E-state index contributed by atoms with van der Waals surface area (Å²) in [5.41, 5.74) is -0.802. The van der Waals surface area contributed by atoms with E-state index in [0.717, 1.165) is 6.42 Å². The number of esters is 1. The Morgan fingerprint density at radius 3 is 2.83 bits per heavy atom. The second-order valence-corrected chi connectivity index (χ2v) is 5.30. The molecule has 128 valence electrons. The topological polar surface area (TPSA) is 91.7 Å². The van der Waals surface area contributed by atoms with Gasteiger partial charge in [0.15, 0.2) is 11.4 Å². The number of aromatic nitrogens is 2. The highest BCUT2D eigenvalue weighted by molar-refractivity contribution is 6.02. The predicted octanol–water partition coefficient (Wildman–Crippen LogP) is 1.21. The van der Waals surface area contributed by atoms with Gasteiger partial charge in [0, 0.05) is 26.5 Å². The summed E-state index contributed by atoms with van der Waals surface area (Å²) in [6.45, 7) is 5.09. The molecule has 1 aliphatic rings. The molecule has 0 saturated carbocycles. The largest absolute Gasteiger partial charge is 0.462 e. The lowest BCUT2D eigenvalue weighted by Gasteiger charge is -2.25. The Morgan fingerprint density at radius 2 is 2.26 bits per heavy atom. The van der Waals surface area contributed by atoms with Gasteiger partial charge in [-0.3, -0.25) is 9.48 Å². The zero-order chi connectivity index (χ0) is 16.9. The van der Waals surface area contributed by atoms with E-state index in [1.807, 2.05) is 6.92 Å². The van der Waals surface area contributed by atoms with Gasteiger partial charge in [0.25, 0.3) is 5.91 Å². The van der Waals surface area contributed by atoms with E-state index in [9.17, 15) is 9.59 Å². The zero-order valence-corrected chi connectivity index (χ0v) is 13.8. The van der Waals surface area contributed by atoms with Crippen molar-refractivity contribution >= 4 is 17.7 Å². The number of nitrogens with zero attached hydrogens (tertiary/aromatic N) is 2. The lowest BCUT2D eigenvalue weighted by molar-refractivity contribution is -0.141. The number of nitrogens with one attached hydrogen (secondary N) is 1. The maximum Gasteiger partial charge on any atom is 0.343 e. The number of hydrogen-bond donors (Lipinski definition) is 1. The molecule has 2 rings (SSSR count). The predicted molar refractivity (Wildman–Crippen MR) is 82.3 cm³/mol. The van der Waals surface area contributed by atoms with Gasteiger partial charge in [-0.05, 0) is 26.7 Å². The Bertz CT molecular complexity index is 563. The molecule has 0 radical (unpaired) electrons. The van der Waals surface area contributed by atoms with Crippen molar-refractivity contribution < 1.29 is 23.8 Å². The van der Waals surface area contributed by atoms with Crippen molar-refractivity contribution in [3.8, 4) is 0 Å². The van der Waals surface area contributed by atoms with Crippen LogP contribution in [0.3, 0.4) is 0 Å². The molecule has 8 heteroatoms. The van der Waals surface area contributed by atoms with E-state index in [4.69, 9.17) is 14.2 Å². The average molecular weight is 325 g/mol. The average Bonchev–Trinajstić information content (AvgIpc) is 3.15. The van der Waals surface area contributed by atoms with Crippen LogP contribution in [-0.4, -0.2) is 54.2 Å². The van der Waals surface area contributed by atoms with Crippen LogP contribution >= 0.6 is 0 Å². The SMILES string of the molecule is CCOC(=O)c1cn(CC)nc1NC(=O)C1(COC)CCCO1. The minimum absolute atomic E-state index is 0.155. The molecule has 0 aromatic carbocycles. The molecule has 8 nitrogen and oxygen atoms in total. The third kappa shape index (κ3) is 3.70. The summed E-state index contributed by atoms with van der Waals surface area (Å²) in [6, 6.07) is 0. The van der Waals surface area contributed by atoms with Crippen molar-refractivity contribution in [2.24, 2.45) is 0 Å². The fourth-order valence-corrected chi connectivity index (χ4v) is 2.54. The summed E-state index contributed by atoms with van der Waals surface area (Å²) in [5.74, 6) is -0.694. The highest BCUT2D eigenvalue weighted by Crippen LogP contribution is 2.28. The van der Waals surface area contributed by atoms with Crippen LogP contribution in [-0.2, 0) is 25.5 Å². The first kappa shape index (κ1) is 17.4. The molecule has 1 fully saturated rings. The van der Waals surface area contributed by atoms with E-state index in [1.54, 1.807) is 17.8 Å². The van der Waals surface area contributed by atoms with Crippen molar-refractivity contribution in [3.05, 3.63) is 11.8 Å². The Hall–Kier alpha value is -1.93. The van der Waals surface area contributed by atoms with Crippen LogP contribution in [0.2, 0.25) is 0 Å². The second kappa shape index (κ2) is 7.56. The first-order valence-corrected chi connectivity index (χ1v) is 7.75. The smallest absolute Gasteiger partial charge is 0.343 e. The Balaban J connectivity index is 2.22. The number of methoxy groups -OCH3 is 1. The minimum Gasteiger partial charge on any atom is -0.462 e. The fraction of sp³-hybridized carbons (Fsp3) is 0.667. The minimum atomic E-state index is -1.03. The van der Waals surface area contributed by atoms with Gasteiger partial charge in [-0.2, -0.15) is 5.10 Å². The van der Waals surface area contributed by atoms with E-state index in [-0.39, 0.29) is 30.5 Å². The van der Waals surface area contributed by atoms with E-state index in [2.05, 4.69) is 10.4 Å². The molecule has 1 atom stereocenters. The van der Waals surface area contributed by atoms with E-state index < -0.39 is 11.6 Å². The quantitative estimate of drug-likeness (QED) is 0.758. The number of ether oxygens (including phenoxy) is 3. The van der Waals surface area contributed by atoms with Crippen LogP contribution in [0.5, 0.6) is 0 Å². The summed E-state index contributed by atoms with van der Waals surface area (Å²) in [5, 5.41) is 6.92. The summed E-state index contributed by atoms with van der Waals surface area (Å²) in [7, 11) is 1.52. The number of carbonyl (C=O) groups is 2. The fourth-order valence-electron chi connectivity index (χ4n) is 2.54. The van der Waals surface area contributed by atoms with E-state index >= 15 is 0 Å². The third-order valence-corrected chi connectivity index (χ3v) is 3.71. The van der Waals surface area contributed by atoms with Gasteiger partial charge in [0.2, 0.25) is 0 Å². The molecule has 0 spiro atoms. The number of amides is 1. The molecule has 1 aromatic heterocycles. The van der Waals surface area contributed by atoms with Crippen LogP contribution in [0, 0.1) is 0 Å². The number of rotatable bonds is 7. The molecule has 1 amide bonds. The summed E-state index contributed by atoms with van der Waals surface area (Å²) in [6.07, 6.45) is 2.91. The van der Waals surface area contributed by atoms with Gasteiger partial charge in [0.1, 0.15) is 5.56 Å². The Morgan fingerprint density at radius 1 is 1.48 bits per heavy atom. The molecular formula is C15H23N3O5. The van der Waals surface area contributed by atoms with Crippen molar-refractivity contribution in [3.63, 3.8) is 0 Å². The summed E-state index contributed by atoms with van der Waals surface area (Å²) >= 11 is 0. The van der Waals surface area contributed by atoms with Gasteiger partial charge in [0.05, 0.1) is 13.2 Å². The van der Waals surface area contributed by atoms with Gasteiger partial charge in [-0.25, -0.2) is 4.79 Å². The zero-order valence-electron chi connectivity index (χ0n) is 13.8. The molecular weight excluding hydrogens is 302 g/mol. The third-order valence-electron chi connectivity index (χ3n) is 3.71. The van der Waals surface area contributed by atoms with E-state index in [1.165, 1.54) is 7.11 Å². The molecule has 0 aliphatic carbocycles. The van der Waals surface area contributed by atoms with Crippen molar-refractivity contribution in [1.82, 2.24) is 9.78 Å². The first-order chi connectivity index (χ1) is 11.1. The molecule has 0 bridgehead atoms. The number of aryl methyl sites for hydroxylation is 1. The molecule has 23 heavy (non-hydrogen) atoms. The number of carbonyl (C=O) groups excluding carboxylic acids is 2. The monoisotopic (exact) mass is 325 g/mol. The van der Waals surface area contributed by atoms with Crippen molar-refractivity contribution in [1.29, 1.82) is 0 Å². The lowest BCUT2D eigenvalue weighted by atomic mass is 10.00. The maximum atomic E-state index is 12.6. The molecule has 1 aliphatic heterocycles. The van der Waals surface area contributed by atoms with Gasteiger partial charge >= 0.3 is 5.97 Å². The lowest BCUT2D eigenvalue weighted by Crippen LogP contribution is -2.46. The summed E-state index contributed by atoms with van der Waals surface area (Å²) < 4.78 is 17.3. The normalized spacial score (nSPS) is 20.5. The summed E-state index contributed by atoms with van der Waals surface area (Å²) in [4.78, 5) is 24.7. The Labute approximate surface area is 135 Å². The standard InChI is InChI=1S/C15H23N3O5/c1-4-18-9-11(13(19)22-5-2)12(17-18)16-14(20)15(10-21-3)7-6-8-23-15/h9H,4-8,10H2,1-3H3,(H,16,17,20). The van der Waals surface area contributed by atoms with E-state index in [0.29, 0.717) is 19.6 Å². The molecule has 2 heterocycles. The van der Waals surface area contributed by atoms with Crippen molar-refractivity contribution in [2.75, 3.05) is 32.2 Å². The number of hydrogen-bond acceptors (Lipinski definition) is 6. The molecule has 1 unspecified atom stereocenters. The highest BCUT2D eigenvalue weighted by Gasteiger charge is 2.43. The van der Waals surface area contributed by atoms with Crippen LogP contribution in [0.25, 0.3) is 0 Å². The van der Waals surface area contributed by atoms with Gasteiger partial charge in [-0.1, -0.05) is 0 Å². The Kier molecular flexibility index (Phi) is 5.73. The van der Waals surface area contributed by atoms with Gasteiger partial charge < -0.3 is 19.5 Å². The van der Waals surface area contributed by atoms with Crippen LogP contribution in [0.4, 0.5) is 5.82 Å². The van der Waals surface area contributed by atoms with Crippen LogP contribution in [0.15, 0.2) is 6.20 Å². The van der Waals surface area contributed by atoms with Crippen LogP contribution in [0.1, 0.15) is 37.0 Å². The molecule has 1 N–H and O–H groups in total. The first-order valence-electron chi connectivity index (χ1n) is 7.75. The van der Waals surface area contributed by atoms with Gasteiger partial charge in [-0.15, -0.1) is 0 Å². The van der Waals surface area contributed by atoms with Crippen molar-refractivity contribution in [2.45, 2.75) is 38.8 Å². The highest BCUT2D eigenvalue weighted by atomic mass is 16.5. The van der Waals surface area contributed by atoms with Crippen LogP contribution < -0.4 is 5.32 Å².